The first-order valence-corrected chi connectivity index (χ1v) is 6.91. The largest absolute Gasteiger partial charge is 0.481 e. The minimum Gasteiger partial charge on any atom is -0.481 e. The van der Waals surface area contributed by atoms with Crippen molar-refractivity contribution in [2.45, 2.75) is 58.3 Å². The van der Waals surface area contributed by atoms with Crippen molar-refractivity contribution >= 4 is 5.97 Å². The fourth-order valence-corrected chi connectivity index (χ4v) is 3.74. The maximum atomic E-state index is 11.3. The van der Waals surface area contributed by atoms with Crippen LogP contribution >= 0.6 is 0 Å². The molecule has 0 saturated heterocycles. The van der Waals surface area contributed by atoms with Gasteiger partial charge >= 0.3 is 5.97 Å². The van der Waals surface area contributed by atoms with E-state index in [0.717, 1.165) is 25.2 Å². The van der Waals surface area contributed by atoms with Gasteiger partial charge in [0.1, 0.15) is 0 Å². The standard InChI is InChI=1S/C14H24O2/c1-10-6-8-11(9-7-10)12-4-2-3-5-13(12)14(15)16/h10-13H,2-9H2,1H3,(H,15,16). The van der Waals surface area contributed by atoms with Crippen molar-refractivity contribution in [2.75, 3.05) is 0 Å². The Morgan fingerprint density at radius 2 is 1.62 bits per heavy atom. The maximum Gasteiger partial charge on any atom is 0.306 e. The van der Waals surface area contributed by atoms with Gasteiger partial charge in [0, 0.05) is 0 Å². The number of carbonyl (C=O) groups is 1. The topological polar surface area (TPSA) is 37.3 Å². The van der Waals surface area contributed by atoms with Crippen LogP contribution in [0.1, 0.15) is 58.3 Å². The summed E-state index contributed by atoms with van der Waals surface area (Å²) in [5.41, 5.74) is 0. The highest BCUT2D eigenvalue weighted by atomic mass is 16.4. The van der Waals surface area contributed by atoms with E-state index in [1.165, 1.54) is 32.1 Å². The van der Waals surface area contributed by atoms with E-state index in [-0.39, 0.29) is 5.92 Å². The maximum absolute atomic E-state index is 11.3. The predicted octanol–water partition coefficient (Wildman–Crippen LogP) is 3.70. The van der Waals surface area contributed by atoms with Crippen LogP contribution in [0.25, 0.3) is 0 Å². The molecule has 2 fully saturated rings. The highest BCUT2D eigenvalue weighted by molar-refractivity contribution is 5.70. The second-order valence-electron chi connectivity index (χ2n) is 5.91. The molecule has 92 valence electrons. The molecule has 2 aliphatic carbocycles. The molecule has 0 amide bonds. The number of carboxylic acids is 1. The molecule has 16 heavy (non-hydrogen) atoms. The van der Waals surface area contributed by atoms with E-state index < -0.39 is 5.97 Å². The first-order chi connectivity index (χ1) is 7.68. The smallest absolute Gasteiger partial charge is 0.306 e. The molecule has 2 nitrogen and oxygen atoms in total. The Labute approximate surface area is 98.4 Å². The van der Waals surface area contributed by atoms with E-state index in [1.807, 2.05) is 0 Å². The summed E-state index contributed by atoms with van der Waals surface area (Å²) in [6, 6.07) is 0. The molecular weight excluding hydrogens is 200 g/mol. The van der Waals surface area contributed by atoms with Crippen molar-refractivity contribution < 1.29 is 9.90 Å². The summed E-state index contributed by atoms with van der Waals surface area (Å²) < 4.78 is 0. The molecular formula is C14H24O2. The lowest BCUT2D eigenvalue weighted by Gasteiger charge is -2.38. The van der Waals surface area contributed by atoms with E-state index in [1.54, 1.807) is 0 Å². The average Bonchev–Trinajstić information content (AvgIpc) is 2.30. The SMILES string of the molecule is CC1CCC(C2CCCCC2C(=O)O)CC1. The molecule has 2 saturated carbocycles. The Morgan fingerprint density at radius 3 is 2.25 bits per heavy atom. The van der Waals surface area contributed by atoms with Gasteiger partial charge in [-0.25, -0.2) is 0 Å². The lowest BCUT2D eigenvalue weighted by molar-refractivity contribution is -0.146. The van der Waals surface area contributed by atoms with Crippen molar-refractivity contribution in [1.82, 2.24) is 0 Å². The first-order valence-electron chi connectivity index (χ1n) is 6.91. The monoisotopic (exact) mass is 224 g/mol. The number of aliphatic carboxylic acids is 1. The summed E-state index contributed by atoms with van der Waals surface area (Å²) in [6.07, 6.45) is 9.63. The molecule has 2 rings (SSSR count). The Hall–Kier alpha value is -0.530. The highest BCUT2D eigenvalue weighted by Crippen LogP contribution is 2.42. The lowest BCUT2D eigenvalue weighted by Crippen LogP contribution is -2.34. The molecule has 2 atom stereocenters. The summed E-state index contributed by atoms with van der Waals surface area (Å²) in [4.78, 5) is 11.3. The van der Waals surface area contributed by atoms with Crippen LogP contribution in [0.15, 0.2) is 0 Å². The van der Waals surface area contributed by atoms with Crippen LogP contribution in [0, 0.1) is 23.7 Å². The van der Waals surface area contributed by atoms with Crippen LogP contribution in [0.5, 0.6) is 0 Å². The minimum atomic E-state index is -0.539. The van der Waals surface area contributed by atoms with E-state index in [9.17, 15) is 9.90 Å². The molecule has 0 aliphatic heterocycles. The zero-order valence-electron chi connectivity index (χ0n) is 10.3. The predicted molar refractivity (Wildman–Crippen MR) is 64.2 cm³/mol. The number of carboxylic acid groups (broad SMARTS) is 1. The Balaban J connectivity index is 1.97. The lowest BCUT2D eigenvalue weighted by atomic mass is 9.67. The van der Waals surface area contributed by atoms with Crippen molar-refractivity contribution in [1.29, 1.82) is 0 Å². The van der Waals surface area contributed by atoms with E-state index in [4.69, 9.17) is 0 Å². The molecule has 0 spiro atoms. The molecule has 2 aliphatic rings. The third-order valence-electron chi connectivity index (χ3n) is 4.80. The van der Waals surface area contributed by atoms with Crippen molar-refractivity contribution in [3.05, 3.63) is 0 Å². The molecule has 0 aromatic carbocycles. The summed E-state index contributed by atoms with van der Waals surface area (Å²) in [7, 11) is 0. The van der Waals surface area contributed by atoms with Crippen LogP contribution in [0.2, 0.25) is 0 Å². The molecule has 0 aromatic rings. The van der Waals surface area contributed by atoms with E-state index >= 15 is 0 Å². The number of hydrogen-bond donors (Lipinski definition) is 1. The zero-order chi connectivity index (χ0) is 11.5. The van der Waals surface area contributed by atoms with E-state index in [2.05, 4.69) is 6.92 Å². The fourth-order valence-electron chi connectivity index (χ4n) is 3.74. The van der Waals surface area contributed by atoms with Gasteiger partial charge in [-0.2, -0.15) is 0 Å². The average molecular weight is 224 g/mol. The minimum absolute atomic E-state index is 0.0350. The molecule has 0 heterocycles. The fraction of sp³-hybridized carbons (Fsp3) is 0.929. The van der Waals surface area contributed by atoms with Crippen LogP contribution < -0.4 is 0 Å². The van der Waals surface area contributed by atoms with Gasteiger partial charge in [0.15, 0.2) is 0 Å². The van der Waals surface area contributed by atoms with Crippen molar-refractivity contribution in [3.8, 4) is 0 Å². The molecule has 2 unspecified atom stereocenters. The van der Waals surface area contributed by atoms with Gasteiger partial charge in [-0.05, 0) is 43.4 Å². The van der Waals surface area contributed by atoms with Gasteiger partial charge in [0.25, 0.3) is 0 Å². The zero-order valence-corrected chi connectivity index (χ0v) is 10.3. The Morgan fingerprint density at radius 1 is 1.00 bits per heavy atom. The van der Waals surface area contributed by atoms with Gasteiger partial charge in [0.2, 0.25) is 0 Å². The van der Waals surface area contributed by atoms with Gasteiger partial charge in [-0.15, -0.1) is 0 Å². The highest BCUT2D eigenvalue weighted by Gasteiger charge is 2.36. The van der Waals surface area contributed by atoms with Crippen LogP contribution in [-0.2, 0) is 4.79 Å². The van der Waals surface area contributed by atoms with Gasteiger partial charge in [-0.1, -0.05) is 32.6 Å². The Bertz CT molecular complexity index is 241. The number of rotatable bonds is 2. The first kappa shape index (κ1) is 11.9. The summed E-state index contributed by atoms with van der Waals surface area (Å²) in [5.74, 6) is 1.48. The third kappa shape index (κ3) is 2.58. The quantitative estimate of drug-likeness (QED) is 0.776. The molecule has 2 heteroatoms. The van der Waals surface area contributed by atoms with Gasteiger partial charge in [0.05, 0.1) is 5.92 Å². The molecule has 0 aromatic heterocycles. The normalized spacial score (nSPS) is 40.6. The van der Waals surface area contributed by atoms with Gasteiger partial charge < -0.3 is 5.11 Å². The van der Waals surface area contributed by atoms with Crippen LogP contribution in [-0.4, -0.2) is 11.1 Å². The van der Waals surface area contributed by atoms with Crippen LogP contribution in [0.4, 0.5) is 0 Å². The molecule has 0 radical (unpaired) electrons. The molecule has 0 bridgehead atoms. The van der Waals surface area contributed by atoms with Crippen molar-refractivity contribution in [3.63, 3.8) is 0 Å². The third-order valence-corrected chi connectivity index (χ3v) is 4.80. The summed E-state index contributed by atoms with van der Waals surface area (Å²) >= 11 is 0. The molecule has 1 N–H and O–H groups in total. The van der Waals surface area contributed by atoms with Crippen molar-refractivity contribution in [2.24, 2.45) is 23.7 Å². The van der Waals surface area contributed by atoms with Crippen LogP contribution in [0.3, 0.4) is 0 Å². The second-order valence-corrected chi connectivity index (χ2v) is 5.91. The number of hydrogen-bond acceptors (Lipinski definition) is 1. The van der Waals surface area contributed by atoms with Gasteiger partial charge in [-0.3, -0.25) is 4.79 Å². The van der Waals surface area contributed by atoms with E-state index in [0.29, 0.717) is 11.8 Å². The summed E-state index contributed by atoms with van der Waals surface area (Å²) in [6.45, 7) is 2.33. The summed E-state index contributed by atoms with van der Waals surface area (Å²) in [5, 5.41) is 9.29. The second kappa shape index (κ2) is 5.20. The Kier molecular flexibility index (Phi) is 3.88.